The molecule has 0 fully saturated rings. The van der Waals surface area contributed by atoms with Crippen LogP contribution < -0.4 is 0 Å². The number of carbonyl (C=O) groups excluding carboxylic acids is 1. The lowest BCUT2D eigenvalue weighted by Gasteiger charge is -2.02. The molecule has 1 rings (SSSR count). The number of thioether (sulfide) groups is 1. The van der Waals surface area contributed by atoms with E-state index < -0.39 is 5.97 Å². The minimum atomic E-state index is -1.08. The third-order valence-electron chi connectivity index (χ3n) is 1.61. The van der Waals surface area contributed by atoms with E-state index >= 15 is 0 Å². The van der Waals surface area contributed by atoms with E-state index in [2.05, 4.69) is 4.98 Å². The normalized spacial score (nSPS) is 9.81. The third-order valence-corrected chi connectivity index (χ3v) is 2.58. The van der Waals surface area contributed by atoms with Gasteiger partial charge in [0.25, 0.3) is 0 Å². The van der Waals surface area contributed by atoms with E-state index in [0.29, 0.717) is 11.5 Å². The molecule has 16 heavy (non-hydrogen) atoms. The molecule has 0 aliphatic heterocycles. The lowest BCUT2D eigenvalue weighted by molar-refractivity contribution is -0.139. The lowest BCUT2D eigenvalue weighted by Crippen LogP contribution is -2.06. The molecule has 0 saturated heterocycles. The number of carboxylic acid groups (broad SMARTS) is 1. The topological polar surface area (TPSA) is 76.5 Å². The van der Waals surface area contributed by atoms with Crippen molar-refractivity contribution in [1.29, 1.82) is 0 Å². The number of carbonyl (C=O) groups is 2. The van der Waals surface area contributed by atoms with Crippen LogP contribution in [0.5, 0.6) is 0 Å². The monoisotopic (exact) mass is 241 g/mol. The Morgan fingerprint density at radius 2 is 2.31 bits per heavy atom. The highest BCUT2D eigenvalue weighted by atomic mass is 32.2. The Morgan fingerprint density at radius 3 is 2.94 bits per heavy atom. The standard InChI is InChI=1S/C10H11NO4S/c1-2-15-9(12)6-16-7-3-4-11-8(5-7)10(13)14/h3-5H,2,6H2,1H3,(H,13,14). The average Bonchev–Trinajstić information content (AvgIpc) is 2.27. The van der Waals surface area contributed by atoms with Crippen LogP contribution in [-0.2, 0) is 9.53 Å². The summed E-state index contributed by atoms with van der Waals surface area (Å²) in [7, 11) is 0. The maximum atomic E-state index is 11.1. The minimum Gasteiger partial charge on any atom is -0.477 e. The van der Waals surface area contributed by atoms with Crippen LogP contribution >= 0.6 is 11.8 Å². The molecule has 0 aromatic carbocycles. The maximum Gasteiger partial charge on any atom is 0.354 e. The second-order valence-corrected chi connectivity index (χ2v) is 3.82. The minimum absolute atomic E-state index is 0.0335. The highest BCUT2D eigenvalue weighted by Gasteiger charge is 2.07. The van der Waals surface area contributed by atoms with E-state index in [1.807, 2.05) is 0 Å². The summed E-state index contributed by atoms with van der Waals surface area (Å²) in [5.74, 6) is -1.24. The number of aromatic carboxylic acids is 1. The SMILES string of the molecule is CCOC(=O)CSc1ccnc(C(=O)O)c1. The zero-order valence-electron chi connectivity index (χ0n) is 8.67. The van der Waals surface area contributed by atoms with Crippen molar-refractivity contribution in [3.8, 4) is 0 Å². The van der Waals surface area contributed by atoms with Gasteiger partial charge < -0.3 is 9.84 Å². The van der Waals surface area contributed by atoms with Gasteiger partial charge in [0.05, 0.1) is 12.4 Å². The van der Waals surface area contributed by atoms with Crippen LogP contribution in [0.15, 0.2) is 23.2 Å². The first kappa shape index (κ1) is 12.5. The molecule has 0 aliphatic rings. The van der Waals surface area contributed by atoms with Gasteiger partial charge in [-0.25, -0.2) is 9.78 Å². The molecule has 0 radical (unpaired) electrons. The van der Waals surface area contributed by atoms with Crippen LogP contribution in [0.3, 0.4) is 0 Å². The smallest absolute Gasteiger partial charge is 0.354 e. The summed E-state index contributed by atoms with van der Waals surface area (Å²) in [5, 5.41) is 8.71. The Morgan fingerprint density at radius 1 is 1.56 bits per heavy atom. The van der Waals surface area contributed by atoms with Gasteiger partial charge in [0, 0.05) is 11.1 Å². The largest absolute Gasteiger partial charge is 0.477 e. The van der Waals surface area contributed by atoms with Gasteiger partial charge in [-0.1, -0.05) is 0 Å². The maximum absolute atomic E-state index is 11.1. The molecular weight excluding hydrogens is 230 g/mol. The molecule has 0 aliphatic carbocycles. The van der Waals surface area contributed by atoms with E-state index in [0.717, 1.165) is 0 Å². The van der Waals surface area contributed by atoms with Crippen molar-refractivity contribution < 1.29 is 19.4 Å². The van der Waals surface area contributed by atoms with E-state index in [1.54, 1.807) is 13.0 Å². The second-order valence-electron chi connectivity index (χ2n) is 2.78. The number of hydrogen-bond acceptors (Lipinski definition) is 5. The lowest BCUT2D eigenvalue weighted by atomic mass is 10.3. The summed E-state index contributed by atoms with van der Waals surface area (Å²) in [4.78, 5) is 26.0. The van der Waals surface area contributed by atoms with Crippen molar-refractivity contribution in [3.63, 3.8) is 0 Å². The number of hydrogen-bond donors (Lipinski definition) is 1. The van der Waals surface area contributed by atoms with Gasteiger partial charge in [-0.05, 0) is 19.1 Å². The summed E-state index contributed by atoms with van der Waals surface area (Å²) in [6.07, 6.45) is 1.40. The van der Waals surface area contributed by atoms with Gasteiger partial charge in [-0.15, -0.1) is 11.8 Å². The average molecular weight is 241 g/mol. The predicted molar refractivity (Wildman–Crippen MR) is 58.6 cm³/mol. The number of esters is 1. The van der Waals surface area contributed by atoms with E-state index in [9.17, 15) is 9.59 Å². The van der Waals surface area contributed by atoms with Crippen molar-refractivity contribution in [2.24, 2.45) is 0 Å². The van der Waals surface area contributed by atoms with Gasteiger partial charge in [0.2, 0.25) is 0 Å². The number of pyridine rings is 1. The highest BCUT2D eigenvalue weighted by Crippen LogP contribution is 2.18. The molecule has 1 aromatic rings. The van der Waals surface area contributed by atoms with Crippen molar-refractivity contribution in [1.82, 2.24) is 4.98 Å². The number of aromatic nitrogens is 1. The Balaban J connectivity index is 2.57. The molecule has 0 spiro atoms. The van der Waals surface area contributed by atoms with Crippen LogP contribution in [0.4, 0.5) is 0 Å². The van der Waals surface area contributed by atoms with Gasteiger partial charge in [0.15, 0.2) is 0 Å². The number of rotatable bonds is 5. The van der Waals surface area contributed by atoms with Gasteiger partial charge in [-0.3, -0.25) is 4.79 Å². The van der Waals surface area contributed by atoms with Gasteiger partial charge in [0.1, 0.15) is 5.69 Å². The van der Waals surface area contributed by atoms with Crippen LogP contribution in [0.25, 0.3) is 0 Å². The quantitative estimate of drug-likeness (QED) is 0.621. The van der Waals surface area contributed by atoms with Gasteiger partial charge in [-0.2, -0.15) is 0 Å². The predicted octanol–water partition coefficient (Wildman–Crippen LogP) is 1.43. The summed E-state index contributed by atoms with van der Waals surface area (Å²) >= 11 is 1.22. The molecule has 86 valence electrons. The van der Waals surface area contributed by atoms with Gasteiger partial charge >= 0.3 is 11.9 Å². The second kappa shape index (κ2) is 6.12. The van der Waals surface area contributed by atoms with Crippen LogP contribution in [0, 0.1) is 0 Å². The van der Waals surface area contributed by atoms with E-state index in [1.165, 1.54) is 24.0 Å². The molecule has 1 aromatic heterocycles. The van der Waals surface area contributed by atoms with E-state index in [-0.39, 0.29) is 17.4 Å². The summed E-state index contributed by atoms with van der Waals surface area (Å²) < 4.78 is 4.75. The molecule has 1 heterocycles. The molecule has 6 heteroatoms. The number of carboxylic acids is 1. The first-order valence-corrected chi connectivity index (χ1v) is 5.59. The van der Waals surface area contributed by atoms with Crippen molar-refractivity contribution >= 4 is 23.7 Å². The zero-order chi connectivity index (χ0) is 12.0. The first-order valence-electron chi connectivity index (χ1n) is 4.61. The fraction of sp³-hybridized carbons (Fsp3) is 0.300. The molecule has 1 N–H and O–H groups in total. The number of nitrogens with zero attached hydrogens (tertiary/aromatic N) is 1. The Hall–Kier alpha value is -1.56. The Labute approximate surface area is 96.8 Å². The molecule has 0 unspecified atom stereocenters. The molecule has 0 bridgehead atoms. The Kier molecular flexibility index (Phi) is 4.78. The molecule has 5 nitrogen and oxygen atoms in total. The fourth-order valence-corrected chi connectivity index (χ4v) is 1.68. The van der Waals surface area contributed by atoms with Crippen LogP contribution in [0.1, 0.15) is 17.4 Å². The van der Waals surface area contributed by atoms with Crippen LogP contribution in [0.2, 0.25) is 0 Å². The zero-order valence-corrected chi connectivity index (χ0v) is 9.49. The van der Waals surface area contributed by atoms with E-state index in [4.69, 9.17) is 9.84 Å². The van der Waals surface area contributed by atoms with Crippen molar-refractivity contribution in [3.05, 3.63) is 24.0 Å². The molecule has 0 atom stereocenters. The van der Waals surface area contributed by atoms with Crippen molar-refractivity contribution in [2.45, 2.75) is 11.8 Å². The van der Waals surface area contributed by atoms with Crippen LogP contribution in [-0.4, -0.2) is 34.4 Å². The fourth-order valence-electron chi connectivity index (χ4n) is 0.963. The first-order chi connectivity index (χ1) is 7.63. The van der Waals surface area contributed by atoms with Crippen molar-refractivity contribution in [2.75, 3.05) is 12.4 Å². The Bertz CT molecular complexity index is 394. The molecule has 0 amide bonds. The molecule has 0 saturated carbocycles. The summed E-state index contributed by atoms with van der Waals surface area (Å²) in [6.45, 7) is 2.08. The highest BCUT2D eigenvalue weighted by molar-refractivity contribution is 8.00. The number of ether oxygens (including phenoxy) is 1. The summed E-state index contributed by atoms with van der Waals surface area (Å²) in [5.41, 5.74) is -0.0335. The third kappa shape index (κ3) is 3.90. The molecular formula is C10H11NO4S. The summed E-state index contributed by atoms with van der Waals surface area (Å²) in [6, 6.07) is 3.07.